The van der Waals surface area contributed by atoms with Crippen molar-refractivity contribution < 1.29 is 19.1 Å². The van der Waals surface area contributed by atoms with E-state index in [-0.39, 0.29) is 23.9 Å². The molecular weight excluding hydrogens is 412 g/mol. The molecular formula is C22H30N6O4. The van der Waals surface area contributed by atoms with Crippen LogP contribution in [0, 0.1) is 5.92 Å². The van der Waals surface area contributed by atoms with Gasteiger partial charge in [0.1, 0.15) is 12.1 Å². The summed E-state index contributed by atoms with van der Waals surface area (Å²) in [5.41, 5.74) is 9.42. The zero-order valence-electron chi connectivity index (χ0n) is 18.4. The van der Waals surface area contributed by atoms with E-state index in [0.717, 1.165) is 12.0 Å². The summed E-state index contributed by atoms with van der Waals surface area (Å²) >= 11 is 0. The number of rotatable bonds is 8. The third-order valence-electron chi connectivity index (χ3n) is 6.39. The van der Waals surface area contributed by atoms with E-state index in [4.69, 9.17) is 10.3 Å². The third-order valence-corrected chi connectivity index (χ3v) is 6.39. The van der Waals surface area contributed by atoms with Gasteiger partial charge in [0.15, 0.2) is 0 Å². The molecule has 32 heavy (non-hydrogen) atoms. The van der Waals surface area contributed by atoms with E-state index in [1.807, 2.05) is 37.3 Å². The van der Waals surface area contributed by atoms with Crippen LogP contribution in [0.2, 0.25) is 0 Å². The lowest BCUT2D eigenvalue weighted by atomic mass is 9.88. The molecule has 3 rings (SSSR count). The van der Waals surface area contributed by atoms with Crippen LogP contribution in [0.15, 0.2) is 35.4 Å². The zero-order valence-corrected chi connectivity index (χ0v) is 18.4. The minimum Gasteiger partial charge on any atom is -0.467 e. The first-order valence-electron chi connectivity index (χ1n) is 11.0. The second-order valence-corrected chi connectivity index (χ2v) is 8.32. The molecule has 10 heteroatoms. The van der Waals surface area contributed by atoms with Crippen LogP contribution in [0.5, 0.6) is 0 Å². The highest BCUT2D eigenvalue weighted by atomic mass is 16.5. The number of piperidine rings is 1. The Morgan fingerprint density at radius 2 is 2.06 bits per heavy atom. The van der Waals surface area contributed by atoms with Gasteiger partial charge in [-0.1, -0.05) is 35.4 Å². The molecule has 2 aliphatic heterocycles. The number of esters is 1. The Balaban J connectivity index is 1.64. The number of nitrogens with one attached hydrogen (secondary N) is 2. The van der Waals surface area contributed by atoms with Crippen LogP contribution in [0.3, 0.4) is 0 Å². The minimum atomic E-state index is -0.691. The zero-order chi connectivity index (χ0) is 23.1. The van der Waals surface area contributed by atoms with E-state index in [2.05, 4.69) is 20.7 Å². The maximum absolute atomic E-state index is 13.3. The average Bonchev–Trinajstić information content (AvgIpc) is 3.18. The standard InChI is InChI=1S/C22H30N6O4/c1-14(15-7-4-3-5-8-15)25-22(31)26-17-10-11-18-16(9-6-12-24-27-23)13-19(21(30)32-2)28(18)20(17)29/h3-5,7-8,14,16-19H,6,9-13H2,1-2H3,(H2,25,26,31)/t14-,16-,17+,18+,19+/m1/s1. The van der Waals surface area contributed by atoms with Crippen molar-refractivity contribution in [1.82, 2.24) is 15.5 Å². The first-order valence-corrected chi connectivity index (χ1v) is 11.0. The molecule has 1 aromatic rings. The predicted molar refractivity (Wildman–Crippen MR) is 117 cm³/mol. The molecule has 2 aliphatic rings. The van der Waals surface area contributed by atoms with Crippen LogP contribution in [0.1, 0.15) is 50.6 Å². The molecule has 3 amide bonds. The Morgan fingerprint density at radius 3 is 2.75 bits per heavy atom. The summed E-state index contributed by atoms with van der Waals surface area (Å²) in [7, 11) is 1.31. The first kappa shape index (κ1) is 23.4. The maximum Gasteiger partial charge on any atom is 0.328 e. The molecule has 1 aromatic carbocycles. The van der Waals surface area contributed by atoms with Gasteiger partial charge < -0.3 is 20.3 Å². The molecule has 0 spiro atoms. The van der Waals surface area contributed by atoms with Crippen molar-refractivity contribution in [2.24, 2.45) is 11.0 Å². The number of azide groups is 1. The van der Waals surface area contributed by atoms with Crippen LogP contribution in [0.25, 0.3) is 10.4 Å². The van der Waals surface area contributed by atoms with Gasteiger partial charge >= 0.3 is 12.0 Å². The summed E-state index contributed by atoms with van der Waals surface area (Å²) in [4.78, 5) is 42.6. The molecule has 0 radical (unpaired) electrons. The second kappa shape index (κ2) is 10.9. The molecule has 172 valence electrons. The summed E-state index contributed by atoms with van der Waals surface area (Å²) in [6, 6.07) is 7.51. The highest BCUT2D eigenvalue weighted by molar-refractivity contribution is 5.92. The number of amides is 3. The number of fused-ring (bicyclic) bond motifs is 1. The van der Waals surface area contributed by atoms with Gasteiger partial charge in [0.05, 0.1) is 13.2 Å². The Kier molecular flexibility index (Phi) is 7.94. The Bertz CT molecular complexity index is 872. The van der Waals surface area contributed by atoms with Crippen LogP contribution >= 0.6 is 0 Å². The highest BCUT2D eigenvalue weighted by Gasteiger charge is 2.51. The summed E-state index contributed by atoms with van der Waals surface area (Å²) < 4.78 is 4.94. The van der Waals surface area contributed by atoms with Crippen molar-refractivity contribution in [3.05, 3.63) is 46.3 Å². The molecule has 2 saturated heterocycles. The Labute approximate surface area is 187 Å². The van der Waals surface area contributed by atoms with Gasteiger partial charge in [0, 0.05) is 17.5 Å². The summed E-state index contributed by atoms with van der Waals surface area (Å²) in [6.07, 6.45) is 3.17. The quantitative estimate of drug-likeness (QED) is 0.210. The molecule has 0 unspecified atom stereocenters. The maximum atomic E-state index is 13.3. The van der Waals surface area contributed by atoms with Gasteiger partial charge in [-0.05, 0) is 56.0 Å². The van der Waals surface area contributed by atoms with Gasteiger partial charge in [0.2, 0.25) is 5.91 Å². The van der Waals surface area contributed by atoms with Crippen LogP contribution < -0.4 is 10.6 Å². The number of hydrogen-bond donors (Lipinski definition) is 2. The number of urea groups is 1. The number of carbonyl (C=O) groups excluding carboxylic acids is 3. The third kappa shape index (κ3) is 5.31. The number of ether oxygens (including phenoxy) is 1. The number of nitrogens with zero attached hydrogens (tertiary/aromatic N) is 4. The van der Waals surface area contributed by atoms with Gasteiger partial charge in [-0.25, -0.2) is 9.59 Å². The lowest BCUT2D eigenvalue weighted by molar-refractivity contribution is -0.154. The topological polar surface area (TPSA) is 136 Å². The molecule has 0 bridgehead atoms. The summed E-state index contributed by atoms with van der Waals surface area (Å²) in [5.74, 6) is -0.565. The average molecular weight is 443 g/mol. The van der Waals surface area contributed by atoms with Gasteiger partial charge in [-0.2, -0.15) is 0 Å². The molecule has 2 fully saturated rings. The van der Waals surface area contributed by atoms with Crippen LogP contribution in [0.4, 0.5) is 4.79 Å². The van der Waals surface area contributed by atoms with Crippen molar-refractivity contribution in [3.8, 4) is 0 Å². The number of hydrogen-bond acceptors (Lipinski definition) is 5. The second-order valence-electron chi connectivity index (χ2n) is 8.32. The lowest BCUT2D eigenvalue weighted by Crippen LogP contribution is -2.59. The Hall–Kier alpha value is -3.26. The fourth-order valence-corrected chi connectivity index (χ4v) is 4.83. The summed E-state index contributed by atoms with van der Waals surface area (Å²) in [6.45, 7) is 2.27. The van der Waals surface area contributed by atoms with Gasteiger partial charge in [-0.3, -0.25) is 4.79 Å². The van der Waals surface area contributed by atoms with E-state index in [0.29, 0.717) is 32.2 Å². The van der Waals surface area contributed by atoms with Crippen LogP contribution in [-0.2, 0) is 14.3 Å². The van der Waals surface area contributed by atoms with E-state index in [9.17, 15) is 14.4 Å². The number of benzene rings is 1. The first-order chi connectivity index (χ1) is 15.5. The molecule has 0 aliphatic carbocycles. The smallest absolute Gasteiger partial charge is 0.328 e. The molecule has 2 N–H and O–H groups in total. The fraction of sp³-hybridized carbons (Fsp3) is 0.591. The summed E-state index contributed by atoms with van der Waals surface area (Å²) in [5, 5.41) is 9.22. The van der Waals surface area contributed by atoms with Crippen molar-refractivity contribution >= 4 is 17.9 Å². The monoisotopic (exact) mass is 442 g/mol. The van der Waals surface area contributed by atoms with Crippen LogP contribution in [-0.4, -0.2) is 54.6 Å². The number of methoxy groups -OCH3 is 1. The minimum absolute atomic E-state index is 0.0815. The normalized spacial score (nSPS) is 25.3. The van der Waals surface area contributed by atoms with E-state index < -0.39 is 24.1 Å². The fourth-order valence-electron chi connectivity index (χ4n) is 4.83. The van der Waals surface area contributed by atoms with E-state index in [1.165, 1.54) is 7.11 Å². The number of carbonyl (C=O) groups is 3. The molecule has 5 atom stereocenters. The largest absolute Gasteiger partial charge is 0.467 e. The Morgan fingerprint density at radius 1 is 1.31 bits per heavy atom. The van der Waals surface area contributed by atoms with Gasteiger partial charge in [-0.15, -0.1) is 0 Å². The van der Waals surface area contributed by atoms with Crippen molar-refractivity contribution in [1.29, 1.82) is 0 Å². The highest BCUT2D eigenvalue weighted by Crippen LogP contribution is 2.39. The predicted octanol–water partition coefficient (Wildman–Crippen LogP) is 3.06. The van der Waals surface area contributed by atoms with Crippen molar-refractivity contribution in [2.45, 2.75) is 63.2 Å². The molecule has 0 aromatic heterocycles. The molecule has 10 nitrogen and oxygen atoms in total. The van der Waals surface area contributed by atoms with Gasteiger partial charge in [0.25, 0.3) is 0 Å². The SMILES string of the molecule is COC(=O)[C@@H]1C[C@@H](CCCN=[N+]=[N-])[C@@H]2CC[C@H](NC(=O)N[C@H](C)c3ccccc3)C(=O)N12. The molecule has 2 heterocycles. The van der Waals surface area contributed by atoms with E-state index >= 15 is 0 Å². The van der Waals surface area contributed by atoms with Crippen molar-refractivity contribution in [2.75, 3.05) is 13.7 Å². The molecule has 0 saturated carbocycles. The van der Waals surface area contributed by atoms with Crippen molar-refractivity contribution in [3.63, 3.8) is 0 Å². The lowest BCUT2D eigenvalue weighted by Gasteiger charge is -2.38. The van der Waals surface area contributed by atoms with E-state index in [1.54, 1.807) is 4.90 Å².